The number of hydrogen-bond acceptors (Lipinski definition) is 9. The number of nitrogens with two attached hydrogens (primary N) is 2. The number of fused-ring (bicyclic) bond motifs is 2. The number of carbonyl (C=O) groups excluding carboxylic acids is 7. The molecule has 3 fully saturated rings. The highest BCUT2D eigenvalue weighted by atomic mass is 32.1. The van der Waals surface area contributed by atoms with E-state index in [1.165, 1.54) is 23.2 Å². The van der Waals surface area contributed by atoms with Crippen molar-refractivity contribution in [1.29, 1.82) is 0 Å². The van der Waals surface area contributed by atoms with E-state index in [-0.39, 0.29) is 57.2 Å². The standard InChI is InChI=1S/C46H62N10O7S/c1-28(57)51-35(24-29-12-4-2-5-13-29)41(59)53-34-20-22-49-40(58)33(17-10-21-50-46(47)48)52-43(61)37(26-31-27-64-39-19-9-8-16-32(31)39)54-42(60)36(25-30-14-6-3-7-15-30)55-44(62)38-18-11-23-56(38)45(34)63/h2,4-5,8-9,12-13,16,19,27,30,33-38H,3,6-7,10-11,14-15,17-18,20-26H2,1H3,(H,49,58)(H,51,57)(H,52,61)(H,53,59)(H,54,60)(H,55,62)(H4,47,48,50)/t33?,34-,35-,36+,37?,38?/m0/s1. The lowest BCUT2D eigenvalue weighted by Gasteiger charge is -2.32. The van der Waals surface area contributed by atoms with Gasteiger partial charge < -0.3 is 48.3 Å². The van der Waals surface area contributed by atoms with Gasteiger partial charge in [-0.1, -0.05) is 80.6 Å². The van der Waals surface area contributed by atoms with Crippen LogP contribution in [0.4, 0.5) is 0 Å². The number of carbonyl (C=O) groups is 7. The second-order valence-electron chi connectivity index (χ2n) is 17.1. The van der Waals surface area contributed by atoms with E-state index in [9.17, 15) is 33.6 Å². The van der Waals surface area contributed by atoms with Crippen LogP contribution in [0, 0.1) is 5.92 Å². The number of nitrogens with zero attached hydrogens (tertiary/aromatic N) is 2. The van der Waals surface area contributed by atoms with E-state index in [2.05, 4.69) is 36.9 Å². The lowest BCUT2D eigenvalue weighted by molar-refractivity contribution is -0.142. The van der Waals surface area contributed by atoms with Gasteiger partial charge in [0.2, 0.25) is 41.4 Å². The summed E-state index contributed by atoms with van der Waals surface area (Å²) in [6.45, 7) is 1.61. The maximum absolute atomic E-state index is 14.6. The molecule has 64 heavy (non-hydrogen) atoms. The number of guanidine groups is 1. The van der Waals surface area contributed by atoms with Gasteiger partial charge in [-0.3, -0.25) is 38.6 Å². The van der Waals surface area contributed by atoms with Gasteiger partial charge in [0.1, 0.15) is 36.3 Å². The van der Waals surface area contributed by atoms with Crippen LogP contribution in [0.15, 0.2) is 65.0 Å². The molecule has 1 aromatic heterocycles. The van der Waals surface area contributed by atoms with Crippen molar-refractivity contribution in [3.8, 4) is 0 Å². The van der Waals surface area contributed by atoms with E-state index in [1.807, 2.05) is 60.0 Å². The molecule has 2 saturated heterocycles. The minimum Gasteiger partial charge on any atom is -0.370 e. The van der Waals surface area contributed by atoms with Crippen LogP contribution in [0.3, 0.4) is 0 Å². The first kappa shape index (κ1) is 47.4. The van der Waals surface area contributed by atoms with Crippen LogP contribution in [-0.2, 0) is 46.4 Å². The first-order valence-corrected chi connectivity index (χ1v) is 23.4. The molecule has 3 heterocycles. The van der Waals surface area contributed by atoms with Crippen molar-refractivity contribution in [2.45, 2.75) is 127 Å². The third-order valence-corrected chi connectivity index (χ3v) is 13.3. The van der Waals surface area contributed by atoms with Crippen molar-refractivity contribution in [1.82, 2.24) is 36.8 Å². The van der Waals surface area contributed by atoms with E-state index in [0.717, 1.165) is 53.3 Å². The molecule has 7 amide bonds. The minimum atomic E-state index is -1.22. The molecular formula is C46H62N10O7S. The SMILES string of the molecule is CC(=O)N[C@@H](Cc1ccccc1)C(=O)N[C@H]1CCNC(=O)C(CCCN=C(N)N)NC(=O)C(Cc2csc3ccccc23)NC(=O)[C@@H](CC2CCCCC2)NC(=O)C2CCCN2C1=O. The van der Waals surface area contributed by atoms with Gasteiger partial charge >= 0.3 is 0 Å². The maximum Gasteiger partial charge on any atom is 0.245 e. The van der Waals surface area contributed by atoms with Crippen molar-refractivity contribution >= 4 is 68.7 Å². The van der Waals surface area contributed by atoms with Gasteiger partial charge in [-0.15, -0.1) is 11.3 Å². The van der Waals surface area contributed by atoms with Crippen LogP contribution in [0.25, 0.3) is 10.1 Å². The van der Waals surface area contributed by atoms with Gasteiger partial charge in [0.15, 0.2) is 5.96 Å². The third-order valence-electron chi connectivity index (χ3n) is 12.3. The Kier molecular flexibility index (Phi) is 17.1. The molecule has 6 atom stereocenters. The summed E-state index contributed by atoms with van der Waals surface area (Å²) in [5, 5.41) is 20.1. The monoisotopic (exact) mass is 898 g/mol. The summed E-state index contributed by atoms with van der Waals surface area (Å²) in [6.07, 6.45) is 6.67. The fraction of sp³-hybridized carbons (Fsp3) is 0.522. The van der Waals surface area contributed by atoms with Crippen LogP contribution in [0.5, 0.6) is 0 Å². The molecule has 3 aromatic rings. The smallest absolute Gasteiger partial charge is 0.245 e. The van der Waals surface area contributed by atoms with Crippen molar-refractivity contribution in [3.05, 3.63) is 71.1 Å². The summed E-state index contributed by atoms with van der Waals surface area (Å²) in [6, 6.07) is 10.4. The summed E-state index contributed by atoms with van der Waals surface area (Å²) in [5.41, 5.74) is 12.7. The molecule has 3 aliphatic rings. The normalized spacial score (nSPS) is 23.4. The lowest BCUT2D eigenvalue weighted by atomic mass is 9.84. The number of nitrogens with one attached hydrogen (secondary N) is 6. The zero-order valence-electron chi connectivity index (χ0n) is 36.4. The Morgan fingerprint density at radius 3 is 2.28 bits per heavy atom. The zero-order valence-corrected chi connectivity index (χ0v) is 37.3. The molecule has 2 aliphatic heterocycles. The van der Waals surface area contributed by atoms with Gasteiger partial charge in [-0.25, -0.2) is 0 Å². The Labute approximate surface area is 377 Å². The molecule has 1 saturated carbocycles. The average Bonchev–Trinajstić information content (AvgIpc) is 3.94. The van der Waals surface area contributed by atoms with Crippen LogP contribution in [0.1, 0.15) is 88.7 Å². The van der Waals surface area contributed by atoms with E-state index in [1.54, 1.807) is 0 Å². The molecule has 18 heteroatoms. The molecule has 0 bridgehead atoms. The Balaban J connectivity index is 1.33. The summed E-state index contributed by atoms with van der Waals surface area (Å²) in [7, 11) is 0. The van der Waals surface area contributed by atoms with Crippen molar-refractivity contribution in [2.24, 2.45) is 22.4 Å². The molecule has 6 rings (SSSR count). The molecule has 0 radical (unpaired) electrons. The highest BCUT2D eigenvalue weighted by Crippen LogP contribution is 2.29. The number of rotatable bonds is 13. The number of thiophene rings is 1. The summed E-state index contributed by atoms with van der Waals surface area (Å²) >= 11 is 1.52. The second-order valence-corrected chi connectivity index (χ2v) is 18.0. The summed E-state index contributed by atoms with van der Waals surface area (Å²) < 4.78 is 1.01. The summed E-state index contributed by atoms with van der Waals surface area (Å²) in [5.74, 6) is -3.76. The largest absolute Gasteiger partial charge is 0.370 e. The molecule has 3 unspecified atom stereocenters. The van der Waals surface area contributed by atoms with Gasteiger partial charge in [0.05, 0.1) is 0 Å². The second kappa shape index (κ2) is 23.1. The fourth-order valence-electron chi connectivity index (χ4n) is 8.99. The van der Waals surface area contributed by atoms with Gasteiger partial charge in [-0.2, -0.15) is 0 Å². The number of aliphatic imine (C=N–C) groups is 1. The molecular weight excluding hydrogens is 837 g/mol. The van der Waals surface area contributed by atoms with Crippen LogP contribution >= 0.6 is 11.3 Å². The quantitative estimate of drug-likeness (QED) is 0.0704. The number of hydrogen-bond donors (Lipinski definition) is 8. The Hall–Kier alpha value is -6.04. The predicted molar refractivity (Wildman–Crippen MR) is 244 cm³/mol. The summed E-state index contributed by atoms with van der Waals surface area (Å²) in [4.78, 5) is 104. The fourth-order valence-corrected chi connectivity index (χ4v) is 9.97. The number of amides is 7. The molecule has 344 valence electrons. The van der Waals surface area contributed by atoms with Crippen LogP contribution in [0.2, 0.25) is 0 Å². The molecule has 10 N–H and O–H groups in total. The van der Waals surface area contributed by atoms with Gasteiger partial charge in [-0.05, 0) is 72.4 Å². The number of benzene rings is 2. The highest BCUT2D eigenvalue weighted by Gasteiger charge is 2.41. The first-order valence-electron chi connectivity index (χ1n) is 22.5. The molecule has 2 aromatic carbocycles. The van der Waals surface area contributed by atoms with E-state index in [0.29, 0.717) is 25.7 Å². The topological polar surface area (TPSA) is 259 Å². The van der Waals surface area contributed by atoms with E-state index in [4.69, 9.17) is 11.5 Å². The average molecular weight is 899 g/mol. The van der Waals surface area contributed by atoms with Crippen molar-refractivity contribution in [2.75, 3.05) is 19.6 Å². The third kappa shape index (κ3) is 13.2. The van der Waals surface area contributed by atoms with Crippen LogP contribution < -0.4 is 43.4 Å². The van der Waals surface area contributed by atoms with Gasteiger partial charge in [0.25, 0.3) is 0 Å². The molecule has 0 spiro atoms. The zero-order chi connectivity index (χ0) is 45.6. The predicted octanol–water partition coefficient (Wildman–Crippen LogP) is 1.67. The molecule has 1 aliphatic carbocycles. The first-order chi connectivity index (χ1) is 30.9. The van der Waals surface area contributed by atoms with Crippen molar-refractivity contribution in [3.63, 3.8) is 0 Å². The van der Waals surface area contributed by atoms with Crippen molar-refractivity contribution < 1.29 is 33.6 Å². The van der Waals surface area contributed by atoms with E-state index < -0.39 is 77.6 Å². The Bertz CT molecular complexity index is 2160. The lowest BCUT2D eigenvalue weighted by Crippen LogP contribution is -2.59. The molecule has 17 nitrogen and oxygen atoms in total. The highest BCUT2D eigenvalue weighted by molar-refractivity contribution is 7.17. The Morgan fingerprint density at radius 1 is 0.828 bits per heavy atom. The minimum absolute atomic E-state index is 0.0772. The Morgan fingerprint density at radius 2 is 1.53 bits per heavy atom. The van der Waals surface area contributed by atoms with Crippen LogP contribution in [-0.4, -0.2) is 108 Å². The van der Waals surface area contributed by atoms with Gasteiger partial charge in [0, 0.05) is 44.1 Å². The maximum atomic E-state index is 14.6. The van der Waals surface area contributed by atoms with E-state index >= 15 is 0 Å².